The molecule has 0 bridgehead atoms. The van der Waals surface area contributed by atoms with Crippen molar-refractivity contribution < 1.29 is 14.3 Å². The van der Waals surface area contributed by atoms with Crippen molar-refractivity contribution in [3.8, 4) is 5.75 Å². The molecule has 0 aliphatic carbocycles. The minimum Gasteiger partial charge on any atom is -0.423 e. The Bertz CT molecular complexity index is 404. The molecule has 0 radical (unpaired) electrons. The average molecular weight is 326 g/mol. The van der Waals surface area contributed by atoms with Gasteiger partial charge in [0, 0.05) is 11.8 Å². The van der Waals surface area contributed by atoms with Crippen LogP contribution >= 0.6 is 18.3 Å². The molecule has 2 N–H and O–H groups in total. The lowest BCUT2D eigenvalue weighted by Gasteiger charge is -2.13. The van der Waals surface area contributed by atoms with Gasteiger partial charge in [-0.15, -0.1) is 0 Å². The van der Waals surface area contributed by atoms with Crippen molar-refractivity contribution in [2.45, 2.75) is 20.8 Å². The predicted molar refractivity (Wildman–Crippen MR) is 84.3 cm³/mol. The van der Waals surface area contributed by atoms with Crippen molar-refractivity contribution >= 4 is 30.1 Å². The van der Waals surface area contributed by atoms with Crippen LogP contribution in [0.2, 0.25) is 5.02 Å². The molecule has 0 fully saturated rings. The molecule has 1 aromatic carbocycles. The fourth-order valence-electron chi connectivity index (χ4n) is 1.32. The number of para-hydroxylation sites is 1. The van der Waals surface area contributed by atoms with Gasteiger partial charge in [0.15, 0.2) is 0 Å². The lowest BCUT2D eigenvalue weighted by molar-refractivity contribution is 0.321. The Morgan fingerprint density at radius 1 is 1.16 bits per heavy atom. The summed E-state index contributed by atoms with van der Waals surface area (Å²) in [5.74, 6) is 0.188. The first-order chi connectivity index (χ1) is 8.84. The number of benzene rings is 1. The quantitative estimate of drug-likeness (QED) is 0.814. The molecule has 0 unspecified atom stereocenters. The monoisotopic (exact) mass is 325 g/mol. The first-order valence-electron chi connectivity index (χ1n) is 6.06. The molecule has 0 aromatic heterocycles. The van der Waals surface area contributed by atoms with Gasteiger partial charge in [0.25, 0.3) is 0 Å². The van der Waals surface area contributed by atoms with Crippen LogP contribution in [-0.2, 0) is 11.8 Å². The summed E-state index contributed by atoms with van der Waals surface area (Å²) in [5.41, 5.74) is 0. The molecule has 0 atom stereocenters. The van der Waals surface area contributed by atoms with Crippen LogP contribution in [-0.4, -0.2) is 34.3 Å². The SMILES string of the molecule is CCN(CC)CC.OP(O)(=S)Oc1ccccc1Cl. The Hall–Kier alpha value is -0.160. The van der Waals surface area contributed by atoms with Crippen molar-refractivity contribution in [1.82, 2.24) is 4.90 Å². The second kappa shape index (κ2) is 9.70. The van der Waals surface area contributed by atoms with Gasteiger partial charge in [0.05, 0.1) is 5.02 Å². The summed E-state index contributed by atoms with van der Waals surface area (Å²) in [6.45, 7) is 6.46. The Morgan fingerprint density at radius 3 is 1.95 bits per heavy atom. The molecule has 19 heavy (non-hydrogen) atoms. The van der Waals surface area contributed by atoms with Gasteiger partial charge < -0.3 is 19.2 Å². The zero-order chi connectivity index (χ0) is 14.9. The summed E-state index contributed by atoms with van der Waals surface area (Å²) in [7, 11) is 0. The van der Waals surface area contributed by atoms with Crippen LogP contribution in [0, 0.1) is 0 Å². The molecule has 0 amide bonds. The molecule has 4 nitrogen and oxygen atoms in total. The summed E-state index contributed by atoms with van der Waals surface area (Å²) in [5, 5.41) is 0.301. The van der Waals surface area contributed by atoms with Gasteiger partial charge in [-0.25, -0.2) is 0 Å². The van der Waals surface area contributed by atoms with E-state index in [-0.39, 0.29) is 5.75 Å². The van der Waals surface area contributed by atoms with Gasteiger partial charge in [-0.3, -0.25) is 0 Å². The molecule has 7 heteroatoms. The molecule has 0 aliphatic heterocycles. The first-order valence-corrected chi connectivity index (χ1v) is 9.06. The molecular weight excluding hydrogens is 305 g/mol. The third-order valence-electron chi connectivity index (χ3n) is 2.40. The average Bonchev–Trinajstić information content (AvgIpc) is 2.34. The van der Waals surface area contributed by atoms with E-state index in [0.717, 1.165) is 0 Å². The Morgan fingerprint density at radius 2 is 1.63 bits per heavy atom. The van der Waals surface area contributed by atoms with E-state index in [1.165, 1.54) is 25.7 Å². The minimum atomic E-state index is -3.67. The molecule has 1 rings (SSSR count). The van der Waals surface area contributed by atoms with E-state index in [4.69, 9.17) is 21.4 Å². The van der Waals surface area contributed by atoms with Crippen molar-refractivity contribution in [2.24, 2.45) is 0 Å². The van der Waals surface area contributed by atoms with E-state index in [1.54, 1.807) is 18.2 Å². The van der Waals surface area contributed by atoms with Crippen LogP contribution in [0.15, 0.2) is 24.3 Å². The summed E-state index contributed by atoms with van der Waals surface area (Å²) >= 11 is 9.92. The Kier molecular flexibility index (Phi) is 9.62. The molecule has 0 aliphatic rings. The van der Waals surface area contributed by atoms with Crippen LogP contribution in [0.4, 0.5) is 0 Å². The maximum absolute atomic E-state index is 8.80. The van der Waals surface area contributed by atoms with Gasteiger partial charge in [0.1, 0.15) is 5.75 Å². The standard InChI is InChI=1S/C6H6ClO3PS.C6H15N/c7-5-3-1-2-4-6(5)10-11(8,9)12;1-4-7(5-2)6-3/h1-4H,(H2,8,9,12);4-6H2,1-3H3. The minimum absolute atomic E-state index is 0.188. The second-order valence-electron chi connectivity index (χ2n) is 3.63. The number of nitrogens with zero attached hydrogens (tertiary/aromatic N) is 1. The van der Waals surface area contributed by atoms with E-state index in [0.29, 0.717) is 5.02 Å². The molecule has 0 saturated carbocycles. The lowest BCUT2D eigenvalue weighted by Crippen LogP contribution is -2.21. The highest BCUT2D eigenvalue weighted by molar-refractivity contribution is 8.06. The molecule has 0 saturated heterocycles. The van der Waals surface area contributed by atoms with Crippen molar-refractivity contribution in [3.05, 3.63) is 29.3 Å². The van der Waals surface area contributed by atoms with Crippen LogP contribution in [0.5, 0.6) is 5.75 Å². The molecule has 110 valence electrons. The maximum atomic E-state index is 8.80. The van der Waals surface area contributed by atoms with E-state index < -0.39 is 6.72 Å². The molecule has 1 aromatic rings. The highest BCUT2D eigenvalue weighted by Gasteiger charge is 2.11. The molecule has 0 spiro atoms. The zero-order valence-electron chi connectivity index (χ0n) is 11.4. The summed E-state index contributed by atoms with van der Waals surface area (Å²) in [6, 6.07) is 6.44. The third-order valence-corrected chi connectivity index (χ3v) is 3.37. The number of hydrogen-bond acceptors (Lipinski definition) is 3. The van der Waals surface area contributed by atoms with Crippen LogP contribution in [0.3, 0.4) is 0 Å². The lowest BCUT2D eigenvalue weighted by atomic mass is 10.3. The normalized spacial score (nSPS) is 10.9. The second-order valence-corrected chi connectivity index (χ2v) is 6.63. The number of halogens is 1. The van der Waals surface area contributed by atoms with E-state index in [9.17, 15) is 0 Å². The number of hydrogen-bond donors (Lipinski definition) is 2. The Labute approximate surface area is 125 Å². The highest BCUT2D eigenvalue weighted by atomic mass is 35.5. The van der Waals surface area contributed by atoms with E-state index >= 15 is 0 Å². The van der Waals surface area contributed by atoms with Crippen LogP contribution < -0.4 is 4.52 Å². The smallest absolute Gasteiger partial charge is 0.375 e. The highest BCUT2D eigenvalue weighted by Crippen LogP contribution is 2.40. The van der Waals surface area contributed by atoms with Gasteiger partial charge >= 0.3 is 6.72 Å². The van der Waals surface area contributed by atoms with Crippen molar-refractivity contribution in [2.75, 3.05) is 19.6 Å². The van der Waals surface area contributed by atoms with Gasteiger partial charge in [0.2, 0.25) is 0 Å². The summed E-state index contributed by atoms with van der Waals surface area (Å²) < 4.78 is 4.64. The van der Waals surface area contributed by atoms with Gasteiger partial charge in [-0.05, 0) is 31.8 Å². The van der Waals surface area contributed by atoms with Crippen molar-refractivity contribution in [3.63, 3.8) is 0 Å². The van der Waals surface area contributed by atoms with E-state index in [2.05, 4.69) is 42.0 Å². The Balaban J connectivity index is 0.000000399. The van der Waals surface area contributed by atoms with Crippen molar-refractivity contribution in [1.29, 1.82) is 0 Å². The maximum Gasteiger partial charge on any atom is 0.375 e. The fourth-order valence-corrected chi connectivity index (χ4v) is 2.20. The number of rotatable bonds is 5. The van der Waals surface area contributed by atoms with Crippen LogP contribution in [0.25, 0.3) is 0 Å². The first kappa shape index (κ1) is 18.8. The van der Waals surface area contributed by atoms with E-state index in [1.807, 2.05) is 0 Å². The predicted octanol–water partition coefficient (Wildman–Crippen LogP) is 3.28. The topological polar surface area (TPSA) is 52.9 Å². The molecule has 0 heterocycles. The summed E-state index contributed by atoms with van der Waals surface area (Å²) in [6.07, 6.45) is 0. The summed E-state index contributed by atoms with van der Waals surface area (Å²) in [4.78, 5) is 20.0. The largest absolute Gasteiger partial charge is 0.423 e. The van der Waals surface area contributed by atoms with Gasteiger partial charge in [-0.2, -0.15) is 0 Å². The fraction of sp³-hybridized carbons (Fsp3) is 0.500. The van der Waals surface area contributed by atoms with Crippen LogP contribution in [0.1, 0.15) is 20.8 Å². The van der Waals surface area contributed by atoms with Gasteiger partial charge in [-0.1, -0.05) is 44.5 Å². The third kappa shape index (κ3) is 9.38. The molecular formula is C12H21ClNO3PS. The zero-order valence-corrected chi connectivity index (χ0v) is 13.9.